The number of ketones is 1. The summed E-state index contributed by atoms with van der Waals surface area (Å²) < 4.78 is 28.0. The number of fused-ring (bicyclic) bond motifs is 2. The molecule has 0 radical (unpaired) electrons. The highest BCUT2D eigenvalue weighted by Crippen LogP contribution is 2.37. The molecule has 166 valence electrons. The van der Waals surface area contributed by atoms with Gasteiger partial charge in [0.1, 0.15) is 6.10 Å². The predicted octanol–water partition coefficient (Wildman–Crippen LogP) is 1.77. The summed E-state index contributed by atoms with van der Waals surface area (Å²) in [4.78, 5) is 24.2. The van der Waals surface area contributed by atoms with Crippen molar-refractivity contribution >= 4 is 11.8 Å². The van der Waals surface area contributed by atoms with E-state index in [1.165, 1.54) is 7.11 Å². The molecular weight excluding hydrogens is 392 g/mol. The van der Waals surface area contributed by atoms with Crippen molar-refractivity contribution in [3.05, 3.63) is 35.9 Å². The van der Waals surface area contributed by atoms with Gasteiger partial charge in [-0.2, -0.15) is 0 Å². The van der Waals surface area contributed by atoms with Crippen LogP contribution in [0.5, 0.6) is 0 Å². The first-order valence-corrected chi connectivity index (χ1v) is 10.3. The summed E-state index contributed by atoms with van der Waals surface area (Å²) in [5.74, 6) is -2.05. The molecule has 0 aromatic heterocycles. The van der Waals surface area contributed by atoms with E-state index in [0.29, 0.717) is 26.1 Å². The number of aliphatic hydroxyl groups is 1. The fourth-order valence-electron chi connectivity index (χ4n) is 3.73. The number of Topliss-reactive ketones (excluding diaryl/α,β-unsaturated/α-hetero) is 1. The Morgan fingerprint density at radius 3 is 2.83 bits per heavy atom. The second kappa shape index (κ2) is 10.5. The first-order valence-electron chi connectivity index (χ1n) is 10.3. The minimum Gasteiger partial charge on any atom is -0.469 e. The lowest BCUT2D eigenvalue weighted by atomic mass is 10.0. The lowest BCUT2D eigenvalue weighted by Crippen LogP contribution is -2.42. The molecule has 1 N–H and O–H groups in total. The minimum absolute atomic E-state index is 0.0748. The molecule has 2 saturated heterocycles. The Morgan fingerprint density at radius 2 is 2.10 bits per heavy atom. The molecule has 0 aliphatic carbocycles. The normalized spacial score (nSPS) is 29.4. The molecule has 2 fully saturated rings. The van der Waals surface area contributed by atoms with Crippen molar-refractivity contribution in [3.8, 4) is 0 Å². The Hall–Kier alpha value is -1.84. The maximum atomic E-state index is 12.9. The maximum absolute atomic E-state index is 12.9. The van der Waals surface area contributed by atoms with Gasteiger partial charge in [0, 0.05) is 6.42 Å². The number of carbonyl (C=O) groups is 2. The average molecular weight is 422 g/mol. The number of benzene rings is 1. The van der Waals surface area contributed by atoms with Gasteiger partial charge in [0.25, 0.3) is 0 Å². The van der Waals surface area contributed by atoms with Crippen molar-refractivity contribution in [1.29, 1.82) is 0 Å². The Balaban J connectivity index is 1.51. The molecule has 5 atom stereocenters. The molecule has 2 bridgehead atoms. The van der Waals surface area contributed by atoms with Crippen molar-refractivity contribution in [2.75, 3.05) is 20.3 Å². The number of esters is 1. The molecule has 1 aromatic rings. The van der Waals surface area contributed by atoms with Crippen molar-refractivity contribution in [2.24, 2.45) is 0 Å². The number of hydrogen-bond donors (Lipinski definition) is 1. The third kappa shape index (κ3) is 5.65. The van der Waals surface area contributed by atoms with Crippen LogP contribution in [-0.2, 0) is 39.9 Å². The Bertz CT molecular complexity index is 708. The van der Waals surface area contributed by atoms with Gasteiger partial charge in [0.2, 0.25) is 11.6 Å². The van der Waals surface area contributed by atoms with Crippen LogP contribution in [0, 0.1) is 0 Å². The zero-order chi connectivity index (χ0) is 21.6. The van der Waals surface area contributed by atoms with Gasteiger partial charge in [0.15, 0.2) is 0 Å². The molecule has 8 nitrogen and oxygen atoms in total. The smallest absolute Gasteiger partial charge is 0.308 e. The van der Waals surface area contributed by atoms with E-state index in [-0.39, 0.29) is 31.3 Å². The lowest BCUT2D eigenvalue weighted by molar-refractivity contribution is -0.246. The van der Waals surface area contributed by atoms with Crippen LogP contribution in [0.2, 0.25) is 0 Å². The third-order valence-corrected chi connectivity index (χ3v) is 5.42. The van der Waals surface area contributed by atoms with Crippen molar-refractivity contribution in [1.82, 2.24) is 0 Å². The predicted molar refractivity (Wildman–Crippen MR) is 105 cm³/mol. The SMILES string of the molecule is COC(=O)C[C@H](O)CCC1COC2(CCOCc3ccccc3)O[C@@H](C)C(O1)C2=O. The molecule has 0 amide bonds. The van der Waals surface area contributed by atoms with Gasteiger partial charge in [-0.3, -0.25) is 9.59 Å². The maximum Gasteiger partial charge on any atom is 0.308 e. The van der Waals surface area contributed by atoms with Gasteiger partial charge in [0.05, 0.1) is 51.7 Å². The molecule has 8 heteroatoms. The van der Waals surface area contributed by atoms with E-state index in [1.54, 1.807) is 6.92 Å². The van der Waals surface area contributed by atoms with E-state index in [9.17, 15) is 14.7 Å². The lowest BCUT2D eigenvalue weighted by Gasteiger charge is -2.29. The number of hydrogen-bond acceptors (Lipinski definition) is 8. The van der Waals surface area contributed by atoms with Gasteiger partial charge in [-0.05, 0) is 25.3 Å². The number of carbonyl (C=O) groups excluding carboxylic acids is 2. The highest BCUT2D eigenvalue weighted by Gasteiger charge is 2.57. The van der Waals surface area contributed by atoms with Crippen molar-refractivity contribution < 1.29 is 38.4 Å². The van der Waals surface area contributed by atoms with Gasteiger partial charge >= 0.3 is 5.97 Å². The first-order chi connectivity index (χ1) is 14.4. The Morgan fingerprint density at radius 1 is 1.33 bits per heavy atom. The molecule has 0 saturated carbocycles. The molecular formula is C22H30O8. The first kappa shape index (κ1) is 22.8. The summed E-state index contributed by atoms with van der Waals surface area (Å²) >= 11 is 0. The van der Waals surface area contributed by atoms with E-state index < -0.39 is 30.1 Å². The average Bonchev–Trinajstić information content (AvgIpc) is 2.88. The highest BCUT2D eigenvalue weighted by molar-refractivity contribution is 5.92. The highest BCUT2D eigenvalue weighted by atomic mass is 16.7. The number of methoxy groups -OCH3 is 1. The molecule has 3 rings (SSSR count). The van der Waals surface area contributed by atoms with Crippen LogP contribution in [-0.4, -0.2) is 67.4 Å². The topological polar surface area (TPSA) is 101 Å². The zero-order valence-corrected chi connectivity index (χ0v) is 17.5. The molecule has 0 spiro atoms. The largest absolute Gasteiger partial charge is 0.469 e. The van der Waals surface area contributed by atoms with Crippen LogP contribution in [0.1, 0.15) is 38.2 Å². The van der Waals surface area contributed by atoms with Crippen LogP contribution in [0.4, 0.5) is 0 Å². The van der Waals surface area contributed by atoms with Crippen LogP contribution in [0.25, 0.3) is 0 Å². The standard InChI is InChI=1S/C22H30O8/c1-15-20-21(25)22(30-15,10-11-27-13-16-6-4-3-5-7-16)28-14-18(29-20)9-8-17(23)12-19(24)26-2/h3-7,15,17-18,20,23H,8-14H2,1-2H3/t15-,17+,18?,20?,22?/m0/s1. The minimum atomic E-state index is -1.36. The van der Waals surface area contributed by atoms with E-state index in [2.05, 4.69) is 4.74 Å². The zero-order valence-electron chi connectivity index (χ0n) is 17.5. The summed E-state index contributed by atoms with van der Waals surface area (Å²) in [5.41, 5.74) is 1.05. The summed E-state index contributed by atoms with van der Waals surface area (Å²) in [6.07, 6.45) is -1.36. The summed E-state index contributed by atoms with van der Waals surface area (Å²) in [7, 11) is 1.28. The van der Waals surface area contributed by atoms with Gasteiger partial charge in [-0.15, -0.1) is 0 Å². The Labute approximate surface area is 176 Å². The molecule has 2 aliphatic rings. The molecule has 2 aliphatic heterocycles. The number of rotatable bonds is 10. The monoisotopic (exact) mass is 422 g/mol. The van der Waals surface area contributed by atoms with Crippen LogP contribution >= 0.6 is 0 Å². The second-order valence-corrected chi connectivity index (χ2v) is 7.73. The van der Waals surface area contributed by atoms with Crippen LogP contribution < -0.4 is 0 Å². The van der Waals surface area contributed by atoms with Crippen LogP contribution in [0.15, 0.2) is 30.3 Å². The quantitative estimate of drug-likeness (QED) is 0.450. The summed E-state index contributed by atoms with van der Waals surface area (Å²) in [6.45, 7) is 2.70. The number of ether oxygens (including phenoxy) is 5. The fraction of sp³-hybridized carbons (Fsp3) is 0.636. The van der Waals surface area contributed by atoms with E-state index in [1.807, 2.05) is 30.3 Å². The van der Waals surface area contributed by atoms with E-state index in [4.69, 9.17) is 18.9 Å². The van der Waals surface area contributed by atoms with Crippen molar-refractivity contribution in [3.63, 3.8) is 0 Å². The molecule has 2 heterocycles. The molecule has 1 aromatic carbocycles. The summed E-state index contributed by atoms with van der Waals surface area (Å²) in [5, 5.41) is 9.97. The van der Waals surface area contributed by atoms with E-state index in [0.717, 1.165) is 5.56 Å². The van der Waals surface area contributed by atoms with Gasteiger partial charge in [-0.25, -0.2) is 0 Å². The third-order valence-electron chi connectivity index (χ3n) is 5.42. The van der Waals surface area contributed by atoms with Gasteiger partial charge in [-0.1, -0.05) is 30.3 Å². The summed E-state index contributed by atoms with van der Waals surface area (Å²) in [6, 6.07) is 9.79. The number of aliphatic hydroxyl groups excluding tert-OH is 1. The second-order valence-electron chi connectivity index (χ2n) is 7.73. The fourth-order valence-corrected chi connectivity index (χ4v) is 3.73. The molecule has 30 heavy (non-hydrogen) atoms. The van der Waals surface area contributed by atoms with Crippen molar-refractivity contribution in [2.45, 2.75) is 69.4 Å². The molecule has 3 unspecified atom stereocenters. The van der Waals surface area contributed by atoms with Gasteiger partial charge < -0.3 is 28.8 Å². The van der Waals surface area contributed by atoms with Crippen LogP contribution in [0.3, 0.4) is 0 Å². The Kier molecular flexibility index (Phi) is 7.96. The van der Waals surface area contributed by atoms with E-state index >= 15 is 0 Å².